The van der Waals surface area contributed by atoms with Crippen molar-refractivity contribution in [3.63, 3.8) is 0 Å². The van der Waals surface area contributed by atoms with Crippen LogP contribution in [0.2, 0.25) is 0 Å². The molecule has 2 heterocycles. The second kappa shape index (κ2) is 5.12. The molecule has 0 radical (unpaired) electrons. The average Bonchev–Trinajstić information content (AvgIpc) is 3.11. The Bertz CT molecular complexity index is 825. The van der Waals surface area contributed by atoms with Crippen LogP contribution in [0, 0.1) is 0 Å². The van der Waals surface area contributed by atoms with Crippen LogP contribution in [-0.4, -0.2) is 28.3 Å². The third kappa shape index (κ3) is 2.25. The number of Topliss-reactive ketones (excluding diaryl/α,β-unsaturated/α-hetero) is 1. The van der Waals surface area contributed by atoms with Crippen LogP contribution in [0.1, 0.15) is 28.9 Å². The maximum atomic E-state index is 12.4. The zero-order valence-corrected chi connectivity index (χ0v) is 12.4. The van der Waals surface area contributed by atoms with Gasteiger partial charge in [-0.1, -0.05) is 0 Å². The topological polar surface area (TPSA) is 96.4 Å². The molecule has 1 aromatic carbocycles. The molecule has 0 fully saturated rings. The van der Waals surface area contributed by atoms with Crippen LogP contribution in [0.15, 0.2) is 18.2 Å². The van der Waals surface area contributed by atoms with Gasteiger partial charge < -0.3 is 15.2 Å². The Hall–Kier alpha value is -2.83. The molecule has 2 aliphatic rings. The highest BCUT2D eigenvalue weighted by Gasteiger charge is 2.28. The van der Waals surface area contributed by atoms with E-state index in [9.17, 15) is 9.59 Å². The Morgan fingerprint density at radius 1 is 1.26 bits per heavy atom. The van der Waals surface area contributed by atoms with Gasteiger partial charge in [-0.15, -0.1) is 0 Å². The number of nitrogens with zero attached hydrogens (tertiary/aromatic N) is 2. The number of carbonyl (C=O) groups excluding carboxylic acids is 2. The Labute approximate surface area is 132 Å². The Balaban J connectivity index is 1.86. The first kappa shape index (κ1) is 13.8. The molecule has 0 atom stereocenters. The van der Waals surface area contributed by atoms with E-state index in [1.54, 1.807) is 16.8 Å². The zero-order valence-electron chi connectivity index (χ0n) is 12.4. The maximum absolute atomic E-state index is 12.4. The van der Waals surface area contributed by atoms with Crippen molar-refractivity contribution < 1.29 is 19.1 Å². The first-order chi connectivity index (χ1) is 11.1. The number of benzene rings is 1. The maximum Gasteiger partial charge on any atom is 0.239 e. The van der Waals surface area contributed by atoms with Crippen molar-refractivity contribution >= 4 is 11.7 Å². The van der Waals surface area contributed by atoms with Crippen molar-refractivity contribution in [2.45, 2.75) is 25.8 Å². The second-order valence-electron chi connectivity index (χ2n) is 5.64. The molecule has 7 heteroatoms. The highest BCUT2D eigenvalue weighted by atomic mass is 16.7. The van der Waals surface area contributed by atoms with Crippen molar-refractivity contribution in [2.75, 3.05) is 6.79 Å². The number of ether oxygens (including phenoxy) is 2. The summed E-state index contributed by atoms with van der Waals surface area (Å²) in [5.74, 6) is 0.870. The van der Waals surface area contributed by atoms with Gasteiger partial charge in [0.15, 0.2) is 17.3 Å². The van der Waals surface area contributed by atoms with Gasteiger partial charge in [0.05, 0.1) is 11.3 Å². The summed E-state index contributed by atoms with van der Waals surface area (Å²) >= 11 is 0. The van der Waals surface area contributed by atoms with Crippen molar-refractivity contribution in [1.29, 1.82) is 0 Å². The lowest BCUT2D eigenvalue weighted by Crippen LogP contribution is -2.22. The molecule has 2 aromatic rings. The number of ketones is 1. The normalized spacial score (nSPS) is 15.6. The van der Waals surface area contributed by atoms with E-state index < -0.39 is 5.91 Å². The minimum atomic E-state index is -0.481. The molecule has 0 saturated carbocycles. The molecule has 118 valence electrons. The molecule has 4 rings (SSSR count). The van der Waals surface area contributed by atoms with Gasteiger partial charge in [-0.05, 0) is 31.0 Å². The van der Waals surface area contributed by atoms with Gasteiger partial charge in [0.1, 0.15) is 12.2 Å². The number of amides is 1. The zero-order chi connectivity index (χ0) is 16.0. The lowest BCUT2D eigenvalue weighted by atomic mass is 9.92. The monoisotopic (exact) mass is 313 g/mol. The number of fused-ring (bicyclic) bond motifs is 2. The minimum Gasteiger partial charge on any atom is -0.454 e. The molecule has 7 nitrogen and oxygen atoms in total. The van der Waals surface area contributed by atoms with Gasteiger partial charge in [-0.3, -0.25) is 14.3 Å². The van der Waals surface area contributed by atoms with Gasteiger partial charge in [0.2, 0.25) is 12.7 Å². The number of carbonyl (C=O) groups is 2. The summed E-state index contributed by atoms with van der Waals surface area (Å²) in [7, 11) is 0. The summed E-state index contributed by atoms with van der Waals surface area (Å²) < 4.78 is 12.2. The standard InChI is InChI=1S/C16H15N3O4/c17-14(21)7-19-10-2-1-3-11(20)15(10)16(18-19)9-4-5-12-13(6-9)23-8-22-12/h4-6H,1-3,7-8H2,(H2,17,21). The van der Waals surface area contributed by atoms with E-state index in [-0.39, 0.29) is 19.1 Å². The van der Waals surface area contributed by atoms with Crippen LogP contribution < -0.4 is 15.2 Å². The number of primary amides is 1. The first-order valence-electron chi connectivity index (χ1n) is 7.44. The molecule has 1 aromatic heterocycles. The van der Waals surface area contributed by atoms with Gasteiger partial charge in [0.25, 0.3) is 0 Å². The summed E-state index contributed by atoms with van der Waals surface area (Å²) in [6, 6.07) is 5.44. The lowest BCUT2D eigenvalue weighted by Gasteiger charge is -2.12. The second-order valence-corrected chi connectivity index (χ2v) is 5.64. The summed E-state index contributed by atoms with van der Waals surface area (Å²) in [5.41, 5.74) is 8.01. The predicted molar refractivity (Wildman–Crippen MR) is 80.2 cm³/mol. The number of nitrogens with two attached hydrogens (primary N) is 1. The smallest absolute Gasteiger partial charge is 0.239 e. The van der Waals surface area contributed by atoms with Crippen molar-refractivity contribution in [3.05, 3.63) is 29.5 Å². The van der Waals surface area contributed by atoms with E-state index in [1.807, 2.05) is 6.07 Å². The van der Waals surface area contributed by atoms with Gasteiger partial charge in [-0.25, -0.2) is 0 Å². The number of hydrogen-bond donors (Lipinski definition) is 1. The fraction of sp³-hybridized carbons (Fsp3) is 0.312. The minimum absolute atomic E-state index is 0.0276. The van der Waals surface area contributed by atoms with Crippen molar-refractivity contribution in [2.24, 2.45) is 5.73 Å². The molecule has 1 aliphatic carbocycles. The van der Waals surface area contributed by atoms with Crippen molar-refractivity contribution in [1.82, 2.24) is 9.78 Å². The fourth-order valence-electron chi connectivity index (χ4n) is 3.11. The van der Waals surface area contributed by atoms with Crippen LogP contribution in [0.4, 0.5) is 0 Å². The molecule has 0 spiro atoms. The first-order valence-corrected chi connectivity index (χ1v) is 7.44. The van der Waals surface area contributed by atoms with E-state index in [0.29, 0.717) is 35.6 Å². The van der Waals surface area contributed by atoms with Crippen LogP contribution in [-0.2, 0) is 17.8 Å². The quantitative estimate of drug-likeness (QED) is 0.921. The van der Waals surface area contributed by atoms with E-state index >= 15 is 0 Å². The van der Waals surface area contributed by atoms with Crippen LogP contribution >= 0.6 is 0 Å². The Kier molecular flexibility index (Phi) is 3.07. The predicted octanol–water partition coefficient (Wildman–Crippen LogP) is 1.28. The fourth-order valence-corrected chi connectivity index (χ4v) is 3.11. The van der Waals surface area contributed by atoms with E-state index in [0.717, 1.165) is 17.7 Å². The third-order valence-corrected chi connectivity index (χ3v) is 4.11. The molecule has 1 aliphatic heterocycles. The molecule has 2 N–H and O–H groups in total. The molecule has 0 saturated heterocycles. The van der Waals surface area contributed by atoms with Gasteiger partial charge in [-0.2, -0.15) is 5.10 Å². The molecular weight excluding hydrogens is 298 g/mol. The van der Waals surface area contributed by atoms with E-state index in [2.05, 4.69) is 5.10 Å². The van der Waals surface area contributed by atoms with Gasteiger partial charge in [0, 0.05) is 12.0 Å². The van der Waals surface area contributed by atoms with Crippen LogP contribution in [0.3, 0.4) is 0 Å². The number of rotatable bonds is 3. The summed E-state index contributed by atoms with van der Waals surface area (Å²) in [6.45, 7) is 0.159. The van der Waals surface area contributed by atoms with Gasteiger partial charge >= 0.3 is 0 Å². The molecular formula is C16H15N3O4. The van der Waals surface area contributed by atoms with E-state index in [1.165, 1.54) is 0 Å². The average molecular weight is 313 g/mol. The summed E-state index contributed by atoms with van der Waals surface area (Å²) in [6.07, 6.45) is 1.97. The SMILES string of the molecule is NC(=O)Cn1nc(-c2ccc3c(c2)OCO3)c2c1CCCC2=O. The molecule has 1 amide bonds. The Morgan fingerprint density at radius 3 is 2.91 bits per heavy atom. The number of aromatic nitrogens is 2. The Morgan fingerprint density at radius 2 is 2.09 bits per heavy atom. The van der Waals surface area contributed by atoms with E-state index in [4.69, 9.17) is 15.2 Å². The molecule has 23 heavy (non-hydrogen) atoms. The van der Waals surface area contributed by atoms with Crippen molar-refractivity contribution in [3.8, 4) is 22.8 Å². The number of hydrogen-bond acceptors (Lipinski definition) is 5. The van der Waals surface area contributed by atoms with Crippen LogP contribution in [0.25, 0.3) is 11.3 Å². The summed E-state index contributed by atoms with van der Waals surface area (Å²) in [5, 5.41) is 4.48. The third-order valence-electron chi connectivity index (χ3n) is 4.11. The molecule has 0 unspecified atom stereocenters. The lowest BCUT2D eigenvalue weighted by molar-refractivity contribution is -0.118. The molecule has 0 bridgehead atoms. The van der Waals surface area contributed by atoms with Crippen LogP contribution in [0.5, 0.6) is 11.5 Å². The highest BCUT2D eigenvalue weighted by Crippen LogP contribution is 2.38. The largest absolute Gasteiger partial charge is 0.454 e. The summed E-state index contributed by atoms with van der Waals surface area (Å²) in [4.78, 5) is 23.7. The highest BCUT2D eigenvalue weighted by molar-refractivity contribution is 6.03.